The van der Waals surface area contributed by atoms with Crippen molar-refractivity contribution in [2.75, 3.05) is 19.8 Å². The number of benzene rings is 1. The van der Waals surface area contributed by atoms with E-state index in [2.05, 4.69) is 29.5 Å². The predicted octanol–water partition coefficient (Wildman–Crippen LogP) is 2.17. The third-order valence-electron chi connectivity index (χ3n) is 2.81. The number of nitrogens with one attached hydrogen (secondary N) is 2. The molecule has 0 atom stereocenters. The second kappa shape index (κ2) is 10.0. The first kappa shape index (κ1) is 21.2. The molecule has 0 aliphatic carbocycles. The normalized spacial score (nSPS) is 12.0. The molecule has 0 amide bonds. The summed E-state index contributed by atoms with van der Waals surface area (Å²) in [5.41, 5.74) is 1.89. The number of hydrogen-bond donors (Lipinski definition) is 2. The second-order valence-corrected chi connectivity index (χ2v) is 7.73. The van der Waals surface area contributed by atoms with Crippen LogP contribution in [0.4, 0.5) is 0 Å². The molecule has 0 aliphatic rings. The van der Waals surface area contributed by atoms with E-state index in [0.717, 1.165) is 23.6 Å². The molecule has 1 rings (SSSR count). The van der Waals surface area contributed by atoms with E-state index in [0.29, 0.717) is 12.5 Å². The molecule has 2 N–H and O–H groups in total. The summed E-state index contributed by atoms with van der Waals surface area (Å²) < 4.78 is 22.5. The summed E-state index contributed by atoms with van der Waals surface area (Å²) in [6.45, 7) is 5.80. The highest BCUT2D eigenvalue weighted by Crippen LogP contribution is 2.07. The summed E-state index contributed by atoms with van der Waals surface area (Å²) in [4.78, 5) is 4.16. The Hall–Kier alpha value is -0.830. The number of halogens is 1. The standard InChI is InChI=1S/C15H25N3O2S.HI/c1-12(2)9-17-15(16-3)18-10-13-5-7-14(8-6-13)11-21(4,19)20;/h5-8,12H,9-11H2,1-4H3,(H2,16,17,18);1H. The maximum atomic E-state index is 11.2. The third kappa shape index (κ3) is 9.24. The molecule has 0 aliphatic heterocycles. The molecule has 5 nitrogen and oxygen atoms in total. The minimum atomic E-state index is -2.98. The Morgan fingerprint density at radius 3 is 2.14 bits per heavy atom. The van der Waals surface area contributed by atoms with Gasteiger partial charge in [0.2, 0.25) is 0 Å². The number of rotatable bonds is 6. The van der Waals surface area contributed by atoms with Gasteiger partial charge in [0, 0.05) is 26.4 Å². The van der Waals surface area contributed by atoms with E-state index in [1.807, 2.05) is 24.3 Å². The SMILES string of the molecule is CN=C(NCc1ccc(CS(C)(=O)=O)cc1)NCC(C)C.I. The molecule has 0 aromatic heterocycles. The highest BCUT2D eigenvalue weighted by molar-refractivity contribution is 14.0. The highest BCUT2D eigenvalue weighted by Gasteiger charge is 2.04. The van der Waals surface area contributed by atoms with Gasteiger partial charge in [0.25, 0.3) is 0 Å². The zero-order valence-electron chi connectivity index (χ0n) is 13.6. The topological polar surface area (TPSA) is 70.6 Å². The van der Waals surface area contributed by atoms with Crippen LogP contribution >= 0.6 is 24.0 Å². The van der Waals surface area contributed by atoms with Crippen LogP contribution in [0.3, 0.4) is 0 Å². The van der Waals surface area contributed by atoms with Crippen LogP contribution in [0.5, 0.6) is 0 Å². The van der Waals surface area contributed by atoms with Crippen molar-refractivity contribution in [3.8, 4) is 0 Å². The van der Waals surface area contributed by atoms with Gasteiger partial charge in [0.1, 0.15) is 0 Å². The van der Waals surface area contributed by atoms with Gasteiger partial charge in [0.05, 0.1) is 5.75 Å². The maximum Gasteiger partial charge on any atom is 0.191 e. The summed E-state index contributed by atoms with van der Waals surface area (Å²) in [6, 6.07) is 7.57. The van der Waals surface area contributed by atoms with Crippen LogP contribution in [-0.2, 0) is 22.1 Å². The summed E-state index contributed by atoms with van der Waals surface area (Å²) >= 11 is 0. The average molecular weight is 439 g/mol. The van der Waals surface area contributed by atoms with Crippen LogP contribution in [0.25, 0.3) is 0 Å². The van der Waals surface area contributed by atoms with Gasteiger partial charge in [0.15, 0.2) is 15.8 Å². The summed E-state index contributed by atoms with van der Waals surface area (Å²) in [7, 11) is -1.24. The Morgan fingerprint density at radius 2 is 1.68 bits per heavy atom. The van der Waals surface area contributed by atoms with Crippen LogP contribution in [0.1, 0.15) is 25.0 Å². The Labute approximate surface area is 150 Å². The summed E-state index contributed by atoms with van der Waals surface area (Å²) in [6.07, 6.45) is 1.24. The first-order valence-corrected chi connectivity index (χ1v) is 9.06. The molecule has 0 fully saturated rings. The van der Waals surface area contributed by atoms with Crippen molar-refractivity contribution in [3.05, 3.63) is 35.4 Å². The highest BCUT2D eigenvalue weighted by atomic mass is 127. The Bertz CT molecular complexity index is 569. The van der Waals surface area contributed by atoms with Gasteiger partial charge < -0.3 is 10.6 Å². The Kier molecular flexibility index (Phi) is 9.66. The van der Waals surface area contributed by atoms with E-state index in [1.165, 1.54) is 6.26 Å². The lowest BCUT2D eigenvalue weighted by Crippen LogP contribution is -2.38. The monoisotopic (exact) mass is 439 g/mol. The lowest BCUT2D eigenvalue weighted by Gasteiger charge is -2.13. The van der Waals surface area contributed by atoms with Gasteiger partial charge in [-0.2, -0.15) is 0 Å². The smallest absolute Gasteiger partial charge is 0.191 e. The fourth-order valence-corrected chi connectivity index (χ4v) is 2.56. The van der Waals surface area contributed by atoms with Crippen LogP contribution in [-0.4, -0.2) is 34.2 Å². The fourth-order valence-electron chi connectivity index (χ4n) is 1.76. The minimum Gasteiger partial charge on any atom is -0.356 e. The number of aliphatic imine (C=N–C) groups is 1. The molecule has 0 unspecified atom stereocenters. The summed E-state index contributed by atoms with van der Waals surface area (Å²) in [5.74, 6) is 1.40. The number of guanidine groups is 1. The van der Waals surface area contributed by atoms with Gasteiger partial charge in [-0.3, -0.25) is 4.99 Å². The molecule has 0 radical (unpaired) electrons. The maximum absolute atomic E-state index is 11.2. The molecule has 1 aromatic carbocycles. The van der Waals surface area contributed by atoms with Crippen LogP contribution in [0.15, 0.2) is 29.3 Å². The lowest BCUT2D eigenvalue weighted by atomic mass is 10.1. The zero-order chi connectivity index (χ0) is 15.9. The molecule has 0 heterocycles. The minimum absolute atomic E-state index is 0. The average Bonchev–Trinajstić information content (AvgIpc) is 2.38. The molecule has 22 heavy (non-hydrogen) atoms. The van der Waals surface area contributed by atoms with Gasteiger partial charge >= 0.3 is 0 Å². The molecule has 0 saturated carbocycles. The van der Waals surface area contributed by atoms with Crippen molar-refractivity contribution in [1.29, 1.82) is 0 Å². The van der Waals surface area contributed by atoms with E-state index in [4.69, 9.17) is 0 Å². The zero-order valence-corrected chi connectivity index (χ0v) is 16.7. The Balaban J connectivity index is 0.00000441. The van der Waals surface area contributed by atoms with E-state index in [1.54, 1.807) is 7.05 Å². The van der Waals surface area contributed by atoms with E-state index in [9.17, 15) is 8.42 Å². The molecule has 7 heteroatoms. The first-order valence-electron chi connectivity index (χ1n) is 7.00. The van der Waals surface area contributed by atoms with Crippen LogP contribution in [0.2, 0.25) is 0 Å². The van der Waals surface area contributed by atoms with Crippen molar-refractivity contribution in [2.45, 2.75) is 26.1 Å². The Morgan fingerprint density at radius 1 is 1.14 bits per heavy atom. The predicted molar refractivity (Wildman–Crippen MR) is 103 cm³/mol. The van der Waals surface area contributed by atoms with Gasteiger partial charge in [-0.15, -0.1) is 24.0 Å². The van der Waals surface area contributed by atoms with Crippen LogP contribution in [0, 0.1) is 5.92 Å². The van der Waals surface area contributed by atoms with Gasteiger partial charge in [-0.1, -0.05) is 38.1 Å². The van der Waals surface area contributed by atoms with Crippen molar-refractivity contribution < 1.29 is 8.42 Å². The molecule has 126 valence electrons. The lowest BCUT2D eigenvalue weighted by molar-refractivity contribution is 0.601. The van der Waals surface area contributed by atoms with E-state index < -0.39 is 9.84 Å². The van der Waals surface area contributed by atoms with Crippen LogP contribution < -0.4 is 10.6 Å². The largest absolute Gasteiger partial charge is 0.356 e. The third-order valence-corrected chi connectivity index (χ3v) is 3.67. The van der Waals surface area contributed by atoms with Gasteiger partial charge in [-0.05, 0) is 17.0 Å². The first-order chi connectivity index (χ1) is 9.80. The van der Waals surface area contributed by atoms with Crippen molar-refractivity contribution >= 4 is 39.8 Å². The van der Waals surface area contributed by atoms with E-state index >= 15 is 0 Å². The van der Waals surface area contributed by atoms with Gasteiger partial charge in [-0.25, -0.2) is 8.42 Å². The fraction of sp³-hybridized carbons (Fsp3) is 0.533. The van der Waals surface area contributed by atoms with Crippen molar-refractivity contribution in [2.24, 2.45) is 10.9 Å². The van der Waals surface area contributed by atoms with Crippen molar-refractivity contribution in [1.82, 2.24) is 10.6 Å². The molecule has 0 bridgehead atoms. The van der Waals surface area contributed by atoms with E-state index in [-0.39, 0.29) is 29.7 Å². The second-order valence-electron chi connectivity index (χ2n) is 5.59. The quantitative estimate of drug-likeness (QED) is 0.405. The molecule has 0 saturated heterocycles. The number of sulfone groups is 1. The summed E-state index contributed by atoms with van der Waals surface area (Å²) in [5, 5.41) is 6.47. The molecule has 0 spiro atoms. The van der Waals surface area contributed by atoms with Crippen molar-refractivity contribution in [3.63, 3.8) is 0 Å². The molecular formula is C15H26IN3O2S. The molecular weight excluding hydrogens is 413 g/mol. The molecule has 1 aromatic rings. The number of nitrogens with zero attached hydrogens (tertiary/aromatic N) is 1. The number of hydrogen-bond acceptors (Lipinski definition) is 3.